The maximum absolute atomic E-state index is 5.09. The Kier molecular flexibility index (Phi) is 3.88. The van der Waals surface area contributed by atoms with E-state index in [1.165, 1.54) is 0 Å². The third-order valence-corrected chi connectivity index (χ3v) is 1.87. The number of rotatable bonds is 3. The van der Waals surface area contributed by atoms with Crippen LogP contribution in [0.5, 0.6) is 5.75 Å². The van der Waals surface area contributed by atoms with Crippen molar-refractivity contribution < 1.29 is 4.74 Å². The summed E-state index contributed by atoms with van der Waals surface area (Å²) in [6.07, 6.45) is 4.10. The van der Waals surface area contributed by atoms with E-state index in [4.69, 9.17) is 4.74 Å². The first kappa shape index (κ1) is 9.33. The lowest BCUT2D eigenvalue weighted by Crippen LogP contribution is -1.82. The van der Waals surface area contributed by atoms with Crippen molar-refractivity contribution in [2.24, 2.45) is 0 Å². The molecule has 0 heterocycles. The quantitative estimate of drug-likeness (QED) is 0.721. The van der Waals surface area contributed by atoms with Crippen LogP contribution in [0.1, 0.15) is 5.56 Å². The van der Waals surface area contributed by atoms with E-state index in [9.17, 15) is 0 Å². The van der Waals surface area contributed by atoms with E-state index in [1.54, 1.807) is 7.11 Å². The third kappa shape index (κ3) is 2.70. The highest BCUT2D eigenvalue weighted by molar-refractivity contribution is 9.09. The summed E-state index contributed by atoms with van der Waals surface area (Å²) in [5.41, 5.74) is 1.16. The van der Waals surface area contributed by atoms with Gasteiger partial charge in [0.05, 0.1) is 7.11 Å². The molecule has 0 amide bonds. The third-order valence-electron chi connectivity index (χ3n) is 1.49. The monoisotopic (exact) mass is 226 g/mol. The molecule has 1 aromatic carbocycles. The van der Waals surface area contributed by atoms with E-state index >= 15 is 0 Å². The van der Waals surface area contributed by atoms with Gasteiger partial charge in [-0.15, -0.1) is 0 Å². The molecule has 0 N–H and O–H groups in total. The molecule has 0 unspecified atom stereocenters. The van der Waals surface area contributed by atoms with Gasteiger partial charge in [0.2, 0.25) is 0 Å². The number of allylic oxidation sites excluding steroid dienone is 1. The van der Waals surface area contributed by atoms with Gasteiger partial charge >= 0.3 is 0 Å². The number of ether oxygens (including phenoxy) is 1. The molecular weight excluding hydrogens is 216 g/mol. The summed E-state index contributed by atoms with van der Waals surface area (Å²) in [4.78, 5) is 0. The summed E-state index contributed by atoms with van der Waals surface area (Å²) in [7, 11) is 1.67. The maximum atomic E-state index is 5.09. The molecule has 0 aliphatic carbocycles. The zero-order chi connectivity index (χ0) is 8.81. The largest absolute Gasteiger partial charge is 0.497 e. The average Bonchev–Trinajstić information content (AvgIpc) is 2.15. The van der Waals surface area contributed by atoms with Gasteiger partial charge in [-0.1, -0.05) is 40.2 Å². The van der Waals surface area contributed by atoms with Crippen LogP contribution in [0.25, 0.3) is 6.08 Å². The Morgan fingerprint density at radius 1 is 1.50 bits per heavy atom. The van der Waals surface area contributed by atoms with E-state index < -0.39 is 0 Å². The zero-order valence-electron chi connectivity index (χ0n) is 6.96. The second-order valence-electron chi connectivity index (χ2n) is 2.33. The topological polar surface area (TPSA) is 9.23 Å². The molecule has 1 nitrogen and oxygen atoms in total. The molecule has 1 aromatic rings. The standard InChI is InChI=1S/C10H11BrO/c1-12-10-6-2-4-9(8-10)5-3-7-11/h2-6,8H,7H2,1H3/b5-3+. The molecular formula is C10H11BrO. The highest BCUT2D eigenvalue weighted by atomic mass is 79.9. The molecule has 0 atom stereocenters. The van der Waals surface area contributed by atoms with Gasteiger partial charge in [-0.05, 0) is 17.7 Å². The number of benzene rings is 1. The van der Waals surface area contributed by atoms with Crippen molar-refractivity contribution >= 4 is 22.0 Å². The maximum Gasteiger partial charge on any atom is 0.119 e. The first-order valence-electron chi connectivity index (χ1n) is 3.73. The van der Waals surface area contributed by atoms with Crippen molar-refractivity contribution in [1.29, 1.82) is 0 Å². The van der Waals surface area contributed by atoms with Crippen molar-refractivity contribution in [3.63, 3.8) is 0 Å². The summed E-state index contributed by atoms with van der Waals surface area (Å²) in [6, 6.07) is 7.96. The number of halogens is 1. The minimum absolute atomic E-state index is 0.879. The predicted molar refractivity (Wildman–Crippen MR) is 55.8 cm³/mol. The second kappa shape index (κ2) is 4.99. The highest BCUT2D eigenvalue weighted by Gasteiger charge is 1.89. The van der Waals surface area contributed by atoms with Crippen LogP contribution in [0.4, 0.5) is 0 Å². The molecule has 2 heteroatoms. The van der Waals surface area contributed by atoms with E-state index in [1.807, 2.05) is 24.3 Å². The van der Waals surface area contributed by atoms with Gasteiger partial charge in [-0.3, -0.25) is 0 Å². The van der Waals surface area contributed by atoms with Gasteiger partial charge in [0.1, 0.15) is 5.75 Å². The van der Waals surface area contributed by atoms with E-state index in [0.29, 0.717) is 0 Å². The van der Waals surface area contributed by atoms with Gasteiger partial charge in [0, 0.05) is 5.33 Å². The molecule has 0 saturated heterocycles. The summed E-state index contributed by atoms with van der Waals surface area (Å²) in [6.45, 7) is 0. The molecule has 0 saturated carbocycles. The zero-order valence-corrected chi connectivity index (χ0v) is 8.54. The van der Waals surface area contributed by atoms with Crippen molar-refractivity contribution in [2.75, 3.05) is 12.4 Å². The number of hydrogen-bond acceptors (Lipinski definition) is 1. The van der Waals surface area contributed by atoms with Crippen molar-refractivity contribution in [3.8, 4) is 5.75 Å². The van der Waals surface area contributed by atoms with E-state index in [0.717, 1.165) is 16.6 Å². The van der Waals surface area contributed by atoms with Crippen LogP contribution in [0.15, 0.2) is 30.3 Å². The molecule has 0 aliphatic heterocycles. The summed E-state index contributed by atoms with van der Waals surface area (Å²) in [5, 5.41) is 0.879. The molecule has 0 spiro atoms. The minimum atomic E-state index is 0.879. The molecule has 0 fully saturated rings. The number of alkyl halides is 1. The van der Waals surface area contributed by atoms with Crippen LogP contribution in [-0.4, -0.2) is 12.4 Å². The molecule has 0 aliphatic rings. The molecule has 0 aromatic heterocycles. The lowest BCUT2D eigenvalue weighted by Gasteiger charge is -1.99. The smallest absolute Gasteiger partial charge is 0.119 e. The summed E-state index contributed by atoms with van der Waals surface area (Å²) < 4.78 is 5.09. The van der Waals surface area contributed by atoms with Crippen molar-refractivity contribution in [2.45, 2.75) is 0 Å². The Bertz CT molecular complexity index is 268. The van der Waals surface area contributed by atoms with Crippen LogP contribution in [-0.2, 0) is 0 Å². The molecule has 12 heavy (non-hydrogen) atoms. The molecule has 1 rings (SSSR count). The Balaban J connectivity index is 2.79. The lowest BCUT2D eigenvalue weighted by molar-refractivity contribution is 0.414. The second-order valence-corrected chi connectivity index (χ2v) is 2.98. The normalized spacial score (nSPS) is 10.5. The van der Waals surface area contributed by atoms with E-state index in [-0.39, 0.29) is 0 Å². The van der Waals surface area contributed by atoms with Crippen molar-refractivity contribution in [3.05, 3.63) is 35.9 Å². The Morgan fingerprint density at radius 2 is 2.33 bits per heavy atom. The number of hydrogen-bond donors (Lipinski definition) is 0. The Morgan fingerprint density at radius 3 is 3.00 bits per heavy atom. The highest BCUT2D eigenvalue weighted by Crippen LogP contribution is 2.13. The van der Waals surface area contributed by atoms with Crippen LogP contribution < -0.4 is 4.74 Å². The molecule has 0 radical (unpaired) electrons. The molecule has 64 valence electrons. The minimum Gasteiger partial charge on any atom is -0.497 e. The van der Waals surface area contributed by atoms with Gasteiger partial charge < -0.3 is 4.74 Å². The Hall–Kier alpha value is -0.760. The van der Waals surface area contributed by atoms with Crippen LogP contribution in [0.2, 0.25) is 0 Å². The Labute approximate surface area is 81.2 Å². The lowest BCUT2D eigenvalue weighted by atomic mass is 10.2. The first-order chi connectivity index (χ1) is 5.86. The van der Waals surface area contributed by atoms with Gasteiger partial charge in [-0.25, -0.2) is 0 Å². The fourth-order valence-electron chi connectivity index (χ4n) is 0.926. The van der Waals surface area contributed by atoms with Gasteiger partial charge in [0.25, 0.3) is 0 Å². The first-order valence-corrected chi connectivity index (χ1v) is 4.85. The summed E-state index contributed by atoms with van der Waals surface area (Å²) >= 11 is 3.32. The number of methoxy groups -OCH3 is 1. The summed E-state index contributed by atoms with van der Waals surface area (Å²) in [5.74, 6) is 0.895. The van der Waals surface area contributed by atoms with Crippen LogP contribution in [0, 0.1) is 0 Å². The average molecular weight is 227 g/mol. The van der Waals surface area contributed by atoms with Gasteiger partial charge in [0.15, 0.2) is 0 Å². The SMILES string of the molecule is COc1cccc(/C=C/CBr)c1. The van der Waals surface area contributed by atoms with Crippen LogP contribution in [0.3, 0.4) is 0 Å². The molecule has 0 bridgehead atoms. The predicted octanol–water partition coefficient (Wildman–Crippen LogP) is 3.10. The van der Waals surface area contributed by atoms with Crippen molar-refractivity contribution in [1.82, 2.24) is 0 Å². The van der Waals surface area contributed by atoms with Gasteiger partial charge in [-0.2, -0.15) is 0 Å². The van der Waals surface area contributed by atoms with E-state index in [2.05, 4.69) is 28.1 Å². The fraction of sp³-hybridized carbons (Fsp3) is 0.200. The van der Waals surface area contributed by atoms with Crippen LogP contribution >= 0.6 is 15.9 Å². The fourth-order valence-corrected chi connectivity index (χ4v) is 1.11.